The number of para-hydroxylation sites is 1. The summed E-state index contributed by atoms with van der Waals surface area (Å²) in [7, 11) is 0. The van der Waals surface area contributed by atoms with E-state index < -0.39 is 11.8 Å². The van der Waals surface area contributed by atoms with Gasteiger partial charge in [0.1, 0.15) is 5.75 Å². The van der Waals surface area contributed by atoms with Gasteiger partial charge in [0.25, 0.3) is 17.7 Å². The van der Waals surface area contributed by atoms with Gasteiger partial charge in [-0.1, -0.05) is 25.1 Å². The Morgan fingerprint density at radius 3 is 2.71 bits per heavy atom. The van der Waals surface area contributed by atoms with Crippen LogP contribution in [0.5, 0.6) is 5.75 Å². The molecule has 0 fully saturated rings. The van der Waals surface area contributed by atoms with E-state index in [1.807, 2.05) is 12.1 Å². The van der Waals surface area contributed by atoms with Crippen molar-refractivity contribution in [2.24, 2.45) is 5.92 Å². The fourth-order valence-electron chi connectivity index (χ4n) is 2.95. The molecule has 0 spiro atoms. The molecule has 3 amide bonds. The van der Waals surface area contributed by atoms with E-state index in [1.54, 1.807) is 24.3 Å². The van der Waals surface area contributed by atoms with Gasteiger partial charge in [0.2, 0.25) is 0 Å². The van der Waals surface area contributed by atoms with E-state index in [1.165, 1.54) is 21.8 Å². The summed E-state index contributed by atoms with van der Waals surface area (Å²) in [5.41, 5.74) is 5.93. The van der Waals surface area contributed by atoms with E-state index in [2.05, 4.69) is 23.1 Å². The first kappa shape index (κ1) is 19.9. The van der Waals surface area contributed by atoms with Crippen LogP contribution in [-0.2, 0) is 22.4 Å². The molecular weight excluding hydrogens is 378 g/mol. The summed E-state index contributed by atoms with van der Waals surface area (Å²) in [4.78, 5) is 37.6. The number of hydrogen-bond acceptors (Lipinski definition) is 5. The molecule has 8 heteroatoms. The second kappa shape index (κ2) is 9.36. The van der Waals surface area contributed by atoms with Gasteiger partial charge in [0.15, 0.2) is 6.61 Å². The zero-order valence-electron chi connectivity index (χ0n) is 15.6. The third-order valence-corrected chi connectivity index (χ3v) is 5.66. The number of amides is 3. The molecule has 1 unspecified atom stereocenters. The van der Waals surface area contributed by atoms with Crippen molar-refractivity contribution in [2.75, 3.05) is 13.2 Å². The number of hydrogen-bond donors (Lipinski definition) is 3. The summed E-state index contributed by atoms with van der Waals surface area (Å²) in [5, 5.41) is 2.44. The lowest BCUT2D eigenvalue weighted by atomic mass is 9.90. The Labute approximate surface area is 167 Å². The van der Waals surface area contributed by atoms with Crippen molar-refractivity contribution < 1.29 is 19.1 Å². The molecule has 0 bridgehead atoms. The maximum Gasteiger partial charge on any atom is 0.279 e. The van der Waals surface area contributed by atoms with Crippen LogP contribution in [0.3, 0.4) is 0 Å². The molecule has 1 heterocycles. The highest BCUT2D eigenvalue weighted by Crippen LogP contribution is 2.32. The molecule has 0 aliphatic heterocycles. The van der Waals surface area contributed by atoms with Crippen molar-refractivity contribution in [3.05, 3.63) is 51.7 Å². The highest BCUT2D eigenvalue weighted by atomic mass is 32.1. The molecule has 1 aromatic carbocycles. The maximum absolute atomic E-state index is 12.2. The van der Waals surface area contributed by atoms with Gasteiger partial charge in [-0.15, -0.1) is 11.3 Å². The summed E-state index contributed by atoms with van der Waals surface area (Å²) in [5.74, 6) is -0.0875. The summed E-state index contributed by atoms with van der Waals surface area (Å²) in [6.45, 7) is 1.76. The Balaban J connectivity index is 1.37. The van der Waals surface area contributed by atoms with Gasteiger partial charge in [-0.2, -0.15) is 0 Å². The van der Waals surface area contributed by atoms with E-state index >= 15 is 0 Å². The molecule has 1 aromatic heterocycles. The number of benzene rings is 1. The number of ether oxygens (including phenoxy) is 1. The highest BCUT2D eigenvalue weighted by Gasteiger charge is 2.20. The molecule has 1 aliphatic carbocycles. The van der Waals surface area contributed by atoms with Crippen LogP contribution >= 0.6 is 11.3 Å². The van der Waals surface area contributed by atoms with Crippen LogP contribution in [0.25, 0.3) is 0 Å². The van der Waals surface area contributed by atoms with E-state index in [9.17, 15) is 14.4 Å². The number of carbonyl (C=O) groups excluding carboxylic acids is 3. The minimum atomic E-state index is -0.517. The van der Waals surface area contributed by atoms with Crippen molar-refractivity contribution >= 4 is 29.1 Å². The van der Waals surface area contributed by atoms with Gasteiger partial charge < -0.3 is 10.1 Å². The molecule has 2 aromatic rings. The van der Waals surface area contributed by atoms with Crippen LogP contribution in [0.1, 0.15) is 33.5 Å². The first-order valence-electron chi connectivity index (χ1n) is 9.16. The normalized spacial score (nSPS) is 15.2. The maximum atomic E-state index is 12.2. The minimum absolute atomic E-state index is 0.192. The first-order valence-corrected chi connectivity index (χ1v) is 9.98. The summed E-state index contributed by atoms with van der Waals surface area (Å²) < 4.78 is 5.29. The topological polar surface area (TPSA) is 96.5 Å². The van der Waals surface area contributed by atoms with Crippen LogP contribution in [0.2, 0.25) is 0 Å². The smallest absolute Gasteiger partial charge is 0.279 e. The van der Waals surface area contributed by atoms with Crippen molar-refractivity contribution in [3.63, 3.8) is 0 Å². The Bertz CT molecular complexity index is 850. The number of hydrazine groups is 1. The molecule has 1 aliphatic rings. The Morgan fingerprint density at radius 1 is 1.14 bits per heavy atom. The molecular formula is C20H23N3O4S. The standard InChI is InChI=1S/C20H23N3O4S/c1-13-7-8-16-14(9-13)10-17(28-16)20(26)23-22-18(24)11-21-19(25)12-27-15-5-3-2-4-6-15/h2-6,10,13H,7-9,11-12H2,1H3,(H,21,25)(H,22,24)(H,23,26). The zero-order chi connectivity index (χ0) is 19.9. The number of thiophene rings is 1. The van der Waals surface area contributed by atoms with E-state index in [4.69, 9.17) is 4.74 Å². The van der Waals surface area contributed by atoms with Crippen molar-refractivity contribution in [2.45, 2.75) is 26.2 Å². The highest BCUT2D eigenvalue weighted by molar-refractivity contribution is 7.14. The van der Waals surface area contributed by atoms with E-state index in [0.29, 0.717) is 16.5 Å². The van der Waals surface area contributed by atoms with Crippen LogP contribution in [0.15, 0.2) is 36.4 Å². The fourth-order valence-corrected chi connectivity index (χ4v) is 4.05. The van der Waals surface area contributed by atoms with Crippen molar-refractivity contribution in [3.8, 4) is 5.75 Å². The molecule has 1 atom stereocenters. The zero-order valence-corrected chi connectivity index (χ0v) is 16.4. The second-order valence-electron chi connectivity index (χ2n) is 6.79. The minimum Gasteiger partial charge on any atom is -0.484 e. The fraction of sp³-hybridized carbons (Fsp3) is 0.350. The lowest BCUT2D eigenvalue weighted by Gasteiger charge is -2.16. The number of carbonyl (C=O) groups is 3. The molecule has 28 heavy (non-hydrogen) atoms. The predicted octanol–water partition coefficient (Wildman–Crippen LogP) is 1.83. The van der Waals surface area contributed by atoms with Gasteiger partial charge in [0.05, 0.1) is 11.4 Å². The van der Waals surface area contributed by atoms with Crippen LogP contribution in [-0.4, -0.2) is 30.9 Å². The second-order valence-corrected chi connectivity index (χ2v) is 7.92. The average Bonchev–Trinajstić information content (AvgIpc) is 3.13. The Morgan fingerprint density at radius 2 is 1.93 bits per heavy atom. The van der Waals surface area contributed by atoms with Crippen LogP contribution in [0, 0.1) is 5.92 Å². The van der Waals surface area contributed by atoms with Crippen molar-refractivity contribution in [1.29, 1.82) is 0 Å². The largest absolute Gasteiger partial charge is 0.484 e. The van der Waals surface area contributed by atoms with Gasteiger partial charge in [0, 0.05) is 4.88 Å². The molecule has 3 rings (SSSR count). The summed E-state index contributed by atoms with van der Waals surface area (Å²) in [6, 6.07) is 10.8. The molecule has 3 N–H and O–H groups in total. The molecule has 0 radical (unpaired) electrons. The number of aryl methyl sites for hydroxylation is 1. The lowest BCUT2D eigenvalue weighted by molar-refractivity contribution is -0.127. The Hall–Kier alpha value is -2.87. The number of nitrogens with one attached hydrogen (secondary N) is 3. The van der Waals surface area contributed by atoms with Gasteiger partial charge >= 0.3 is 0 Å². The summed E-state index contributed by atoms with van der Waals surface area (Å²) in [6.07, 6.45) is 3.12. The van der Waals surface area contributed by atoms with E-state index in [-0.39, 0.29) is 19.1 Å². The Kier molecular flexibility index (Phi) is 6.65. The monoisotopic (exact) mass is 401 g/mol. The SMILES string of the molecule is CC1CCc2sc(C(=O)NNC(=O)CNC(=O)COc3ccccc3)cc2C1. The number of rotatable bonds is 6. The molecule has 0 saturated heterocycles. The molecule has 0 saturated carbocycles. The average molecular weight is 401 g/mol. The third-order valence-electron chi connectivity index (χ3n) is 4.43. The van der Waals surface area contributed by atoms with Crippen LogP contribution < -0.4 is 20.9 Å². The lowest BCUT2D eigenvalue weighted by Crippen LogP contribution is -2.46. The van der Waals surface area contributed by atoms with Gasteiger partial charge in [-0.05, 0) is 48.9 Å². The van der Waals surface area contributed by atoms with Gasteiger partial charge in [-0.3, -0.25) is 25.2 Å². The summed E-state index contributed by atoms with van der Waals surface area (Å²) >= 11 is 1.47. The first-order chi connectivity index (χ1) is 13.5. The third kappa shape index (κ3) is 5.56. The van der Waals surface area contributed by atoms with Crippen LogP contribution in [0.4, 0.5) is 0 Å². The quantitative estimate of drug-likeness (QED) is 0.644. The molecule has 148 valence electrons. The van der Waals surface area contributed by atoms with E-state index in [0.717, 1.165) is 19.3 Å². The van der Waals surface area contributed by atoms with Crippen molar-refractivity contribution in [1.82, 2.24) is 16.2 Å². The predicted molar refractivity (Wildman–Crippen MR) is 106 cm³/mol. The van der Waals surface area contributed by atoms with Gasteiger partial charge in [-0.25, -0.2) is 0 Å². The molecule has 7 nitrogen and oxygen atoms in total. The number of fused-ring (bicyclic) bond motifs is 1.